The Bertz CT molecular complexity index is 438. The van der Waals surface area contributed by atoms with Gasteiger partial charge in [-0.25, -0.2) is 0 Å². The van der Waals surface area contributed by atoms with E-state index in [1.54, 1.807) is 6.07 Å². The normalized spacial score (nSPS) is 10.5. The first-order valence-electron chi connectivity index (χ1n) is 6.13. The number of benzene rings is 1. The van der Waals surface area contributed by atoms with Crippen molar-refractivity contribution in [2.45, 2.75) is 25.7 Å². The Balaban J connectivity index is 2.46. The molecule has 0 aliphatic carbocycles. The van der Waals surface area contributed by atoms with Crippen LogP contribution in [-0.4, -0.2) is 29.3 Å². The summed E-state index contributed by atoms with van der Waals surface area (Å²) in [5.41, 5.74) is 0.326. The summed E-state index contributed by atoms with van der Waals surface area (Å²) in [5, 5.41) is 21.3. The molecule has 0 saturated carbocycles. The van der Waals surface area contributed by atoms with E-state index in [2.05, 4.69) is 27.9 Å². The number of phenolic OH excluding ortho intramolecular Hbond substituents is 1. The van der Waals surface area contributed by atoms with E-state index in [0.717, 1.165) is 29.3 Å². The highest BCUT2D eigenvalue weighted by Gasteiger charge is 2.14. The summed E-state index contributed by atoms with van der Waals surface area (Å²) in [6.45, 7) is 0.812. The van der Waals surface area contributed by atoms with Gasteiger partial charge >= 0.3 is 0 Å². The largest absolute Gasteiger partial charge is 0.506 e. The minimum atomic E-state index is -0.240. The Labute approximate surface area is 140 Å². The number of hydrogen-bond donors (Lipinski definition) is 3. The fourth-order valence-corrected chi connectivity index (χ4v) is 3.47. The second-order valence-corrected chi connectivity index (χ2v) is 6.59. The van der Waals surface area contributed by atoms with Crippen LogP contribution in [0.3, 0.4) is 0 Å². The lowest BCUT2D eigenvalue weighted by molar-refractivity contribution is 0.0950. The van der Waals surface area contributed by atoms with Crippen molar-refractivity contribution in [1.29, 1.82) is 0 Å². The third-order valence-electron chi connectivity index (χ3n) is 2.64. The van der Waals surface area contributed by atoms with E-state index in [1.165, 1.54) is 0 Å². The van der Waals surface area contributed by atoms with Crippen molar-refractivity contribution in [3.63, 3.8) is 0 Å². The summed E-state index contributed by atoms with van der Waals surface area (Å²) < 4.78 is 1.60. The number of aromatic hydroxyl groups is 1. The maximum atomic E-state index is 11.9. The summed E-state index contributed by atoms with van der Waals surface area (Å²) in [5.74, 6) is -0.199. The van der Waals surface area contributed by atoms with Gasteiger partial charge in [0.1, 0.15) is 5.75 Å². The molecule has 0 radical (unpaired) electrons. The fourth-order valence-electron chi connectivity index (χ4n) is 1.63. The molecule has 6 heteroatoms. The number of rotatable bonds is 7. The van der Waals surface area contributed by atoms with E-state index >= 15 is 0 Å². The van der Waals surface area contributed by atoms with Gasteiger partial charge in [0, 0.05) is 16.7 Å². The molecule has 0 saturated heterocycles. The molecule has 1 amide bonds. The molecule has 0 aliphatic rings. The Morgan fingerprint density at radius 3 is 2.53 bits per heavy atom. The van der Waals surface area contributed by atoms with Gasteiger partial charge in [-0.1, -0.05) is 12.8 Å². The topological polar surface area (TPSA) is 69.6 Å². The molecular weight excluding hydrogens is 472 g/mol. The zero-order chi connectivity index (χ0) is 14.3. The van der Waals surface area contributed by atoms with E-state index < -0.39 is 0 Å². The lowest BCUT2D eigenvalue weighted by Crippen LogP contribution is -2.24. The summed E-state index contributed by atoms with van der Waals surface area (Å²) in [6, 6.07) is 3.50. The van der Waals surface area contributed by atoms with Crippen LogP contribution in [0.25, 0.3) is 0 Å². The monoisotopic (exact) mass is 489 g/mol. The Morgan fingerprint density at radius 1 is 1.16 bits per heavy atom. The molecular formula is C13H17I2NO3. The molecule has 106 valence electrons. The van der Waals surface area contributed by atoms with Crippen LogP contribution in [0.2, 0.25) is 0 Å². The van der Waals surface area contributed by atoms with Crippen molar-refractivity contribution in [2.75, 3.05) is 13.2 Å². The molecule has 3 N–H and O–H groups in total. The minimum absolute atomic E-state index is 0.0406. The summed E-state index contributed by atoms with van der Waals surface area (Å²) >= 11 is 4.13. The number of phenols is 1. The molecule has 1 rings (SSSR count). The Kier molecular flexibility index (Phi) is 8.00. The van der Waals surface area contributed by atoms with Gasteiger partial charge < -0.3 is 15.5 Å². The third kappa shape index (κ3) is 5.82. The first kappa shape index (κ1) is 17.0. The molecule has 4 nitrogen and oxygen atoms in total. The van der Waals surface area contributed by atoms with Crippen LogP contribution in [0, 0.1) is 7.14 Å². The predicted octanol–water partition coefficient (Wildman–Crippen LogP) is 2.88. The molecule has 0 bridgehead atoms. The first-order chi connectivity index (χ1) is 9.06. The smallest absolute Gasteiger partial charge is 0.255 e. The summed E-state index contributed by atoms with van der Waals surface area (Å²) in [7, 11) is 0. The molecule has 0 aromatic heterocycles. The summed E-state index contributed by atoms with van der Waals surface area (Å²) in [4.78, 5) is 11.9. The lowest BCUT2D eigenvalue weighted by Gasteiger charge is -2.08. The van der Waals surface area contributed by atoms with E-state index in [4.69, 9.17) is 5.11 Å². The number of halogens is 2. The molecule has 19 heavy (non-hydrogen) atoms. The van der Waals surface area contributed by atoms with Crippen LogP contribution in [0.5, 0.6) is 5.75 Å². The predicted molar refractivity (Wildman–Crippen MR) is 91.4 cm³/mol. The van der Waals surface area contributed by atoms with Crippen LogP contribution in [0.4, 0.5) is 0 Å². The van der Waals surface area contributed by atoms with Crippen LogP contribution in [-0.2, 0) is 0 Å². The second-order valence-electron chi connectivity index (χ2n) is 4.18. The van der Waals surface area contributed by atoms with Crippen LogP contribution in [0.1, 0.15) is 36.0 Å². The molecule has 1 aromatic carbocycles. The molecule has 0 fully saturated rings. The number of aliphatic hydroxyl groups is 1. The van der Waals surface area contributed by atoms with Gasteiger partial charge in [0.05, 0.1) is 9.13 Å². The van der Waals surface area contributed by atoms with Crippen molar-refractivity contribution < 1.29 is 15.0 Å². The van der Waals surface area contributed by atoms with Crippen molar-refractivity contribution in [2.24, 2.45) is 0 Å². The zero-order valence-electron chi connectivity index (χ0n) is 10.5. The Hall–Kier alpha value is -0.0900. The molecule has 0 aliphatic heterocycles. The van der Waals surface area contributed by atoms with Crippen LogP contribution >= 0.6 is 45.2 Å². The molecule has 1 aromatic rings. The van der Waals surface area contributed by atoms with Gasteiger partial charge in [-0.3, -0.25) is 4.79 Å². The number of carbonyl (C=O) groups is 1. The average Bonchev–Trinajstić information content (AvgIpc) is 2.37. The van der Waals surface area contributed by atoms with E-state index in [1.807, 2.05) is 28.7 Å². The van der Waals surface area contributed by atoms with Gasteiger partial charge in [-0.15, -0.1) is 0 Å². The highest BCUT2D eigenvalue weighted by atomic mass is 127. The standard InChI is InChI=1S/C13H17I2NO3/c14-9-7-10(12(18)11(15)8-9)13(19)16-5-3-1-2-4-6-17/h7-8,17-18H,1-6H2,(H,16,19). The fraction of sp³-hybridized carbons (Fsp3) is 0.462. The highest BCUT2D eigenvalue weighted by molar-refractivity contribution is 14.1. The van der Waals surface area contributed by atoms with Gasteiger partial charge in [0.25, 0.3) is 5.91 Å². The third-order valence-corrected chi connectivity index (χ3v) is 4.09. The maximum Gasteiger partial charge on any atom is 0.255 e. The minimum Gasteiger partial charge on any atom is -0.506 e. The zero-order valence-corrected chi connectivity index (χ0v) is 14.8. The van der Waals surface area contributed by atoms with Crippen molar-refractivity contribution >= 4 is 51.1 Å². The molecule has 0 atom stereocenters. The second kappa shape index (κ2) is 8.96. The van der Waals surface area contributed by atoms with Gasteiger partial charge in [-0.05, 0) is 70.2 Å². The number of nitrogens with one attached hydrogen (secondary N) is 1. The average molecular weight is 489 g/mol. The number of aliphatic hydroxyl groups excluding tert-OH is 1. The van der Waals surface area contributed by atoms with E-state index in [0.29, 0.717) is 15.7 Å². The number of amides is 1. The van der Waals surface area contributed by atoms with Crippen molar-refractivity contribution in [1.82, 2.24) is 5.32 Å². The molecule has 0 heterocycles. The quantitative estimate of drug-likeness (QED) is 0.408. The summed E-state index contributed by atoms with van der Waals surface area (Å²) in [6.07, 6.45) is 3.65. The van der Waals surface area contributed by atoms with E-state index in [-0.39, 0.29) is 18.3 Å². The highest BCUT2D eigenvalue weighted by Crippen LogP contribution is 2.26. The Morgan fingerprint density at radius 2 is 1.84 bits per heavy atom. The van der Waals surface area contributed by atoms with Crippen molar-refractivity contribution in [3.8, 4) is 5.75 Å². The van der Waals surface area contributed by atoms with Crippen LogP contribution < -0.4 is 5.32 Å². The maximum absolute atomic E-state index is 11.9. The number of hydrogen-bond acceptors (Lipinski definition) is 3. The van der Waals surface area contributed by atoms with E-state index in [9.17, 15) is 9.90 Å². The van der Waals surface area contributed by atoms with Gasteiger partial charge in [0.15, 0.2) is 0 Å². The lowest BCUT2D eigenvalue weighted by atomic mass is 10.1. The number of carbonyl (C=O) groups excluding carboxylic acids is 1. The number of unbranched alkanes of at least 4 members (excludes halogenated alkanes) is 3. The first-order valence-corrected chi connectivity index (χ1v) is 8.29. The van der Waals surface area contributed by atoms with Crippen LogP contribution in [0.15, 0.2) is 12.1 Å². The molecule has 0 spiro atoms. The molecule has 0 unspecified atom stereocenters. The van der Waals surface area contributed by atoms with Gasteiger partial charge in [-0.2, -0.15) is 0 Å². The SMILES string of the molecule is O=C(NCCCCCCO)c1cc(I)cc(I)c1O. The van der Waals surface area contributed by atoms with Gasteiger partial charge in [0.2, 0.25) is 0 Å². The van der Waals surface area contributed by atoms with Crippen molar-refractivity contribution in [3.05, 3.63) is 24.8 Å².